The largest absolute Gasteiger partial charge is 0.490 e. The molecule has 0 saturated heterocycles. The van der Waals surface area contributed by atoms with E-state index in [1.54, 1.807) is 0 Å². The Morgan fingerprint density at radius 3 is 2.05 bits per heavy atom. The van der Waals surface area contributed by atoms with E-state index < -0.39 is 0 Å². The van der Waals surface area contributed by atoms with Gasteiger partial charge in [-0.3, -0.25) is 0 Å². The Bertz CT molecular complexity index is 396. The Hall–Kier alpha value is -0.740. The summed E-state index contributed by atoms with van der Waals surface area (Å²) >= 11 is 3.57. The van der Waals surface area contributed by atoms with Gasteiger partial charge in [-0.15, -0.1) is 0 Å². The molecule has 0 aliphatic rings. The quantitative estimate of drug-likeness (QED) is 0.766. The third kappa shape index (κ3) is 4.69. The molecule has 2 N–H and O–H groups in total. The molecular weight excluding hydrogens is 306 g/mol. The molecule has 3 nitrogen and oxygen atoms in total. The molecule has 0 aliphatic carbocycles. The fourth-order valence-electron chi connectivity index (χ4n) is 1.70. The summed E-state index contributed by atoms with van der Waals surface area (Å²) in [4.78, 5) is 0. The zero-order valence-corrected chi connectivity index (χ0v) is 13.6. The zero-order valence-electron chi connectivity index (χ0n) is 12.0. The van der Waals surface area contributed by atoms with Crippen LogP contribution in [0.25, 0.3) is 0 Å². The average Bonchev–Trinajstić information content (AvgIpc) is 2.43. The minimum Gasteiger partial charge on any atom is -0.490 e. The van der Waals surface area contributed by atoms with E-state index in [2.05, 4.69) is 36.7 Å². The number of nitrogens with two attached hydrogens (primary N) is 1. The molecule has 0 radical (unpaired) electrons. The van der Waals surface area contributed by atoms with Gasteiger partial charge >= 0.3 is 0 Å². The highest BCUT2D eigenvalue weighted by atomic mass is 79.9. The molecule has 1 aromatic carbocycles. The first-order valence-corrected chi connectivity index (χ1v) is 7.77. The zero-order chi connectivity index (χ0) is 14.3. The van der Waals surface area contributed by atoms with Crippen LogP contribution < -0.4 is 15.2 Å². The van der Waals surface area contributed by atoms with Gasteiger partial charge in [-0.25, -0.2) is 0 Å². The first-order valence-electron chi connectivity index (χ1n) is 6.98. The van der Waals surface area contributed by atoms with Gasteiger partial charge in [0.15, 0.2) is 11.5 Å². The summed E-state index contributed by atoms with van der Waals surface area (Å²) in [5.74, 6) is 1.58. The second-order valence-corrected chi connectivity index (χ2v) is 5.39. The van der Waals surface area contributed by atoms with Crippen LogP contribution in [-0.2, 0) is 0 Å². The Morgan fingerprint density at radius 2 is 1.58 bits per heavy atom. The molecule has 19 heavy (non-hydrogen) atoms. The number of rotatable bonds is 8. The summed E-state index contributed by atoms with van der Waals surface area (Å²) in [6.45, 7) is 7.62. The maximum atomic E-state index is 6.12. The van der Waals surface area contributed by atoms with Crippen molar-refractivity contribution in [1.82, 2.24) is 0 Å². The van der Waals surface area contributed by atoms with Gasteiger partial charge < -0.3 is 15.2 Å². The molecule has 0 amide bonds. The summed E-state index contributed by atoms with van der Waals surface area (Å²) in [7, 11) is 0. The molecule has 0 spiro atoms. The van der Waals surface area contributed by atoms with Gasteiger partial charge in [0, 0.05) is 10.5 Å². The fraction of sp³-hybridized carbons (Fsp3) is 0.600. The normalized spacial score (nSPS) is 12.3. The molecule has 0 saturated carbocycles. The van der Waals surface area contributed by atoms with Crippen LogP contribution in [0.2, 0.25) is 0 Å². The van der Waals surface area contributed by atoms with Gasteiger partial charge in [-0.05, 0) is 37.0 Å². The number of benzene rings is 1. The maximum Gasteiger partial charge on any atom is 0.162 e. The standard InChI is InChI=1S/C15H24BrNO2/c1-4-7-18-14-9-11(13(17)6-3)12(16)10-15(14)19-8-5-2/h9-10,13H,4-8,17H2,1-3H3. The van der Waals surface area contributed by atoms with Crippen LogP contribution in [0, 0.1) is 0 Å². The molecule has 1 unspecified atom stereocenters. The molecule has 0 bridgehead atoms. The van der Waals surface area contributed by atoms with Crippen molar-refractivity contribution < 1.29 is 9.47 Å². The van der Waals surface area contributed by atoms with E-state index in [1.165, 1.54) is 0 Å². The van der Waals surface area contributed by atoms with E-state index in [4.69, 9.17) is 15.2 Å². The molecule has 0 fully saturated rings. The van der Waals surface area contributed by atoms with Crippen molar-refractivity contribution in [3.05, 3.63) is 22.2 Å². The van der Waals surface area contributed by atoms with Crippen molar-refractivity contribution in [2.75, 3.05) is 13.2 Å². The minimum atomic E-state index is 0.0126. The van der Waals surface area contributed by atoms with Crippen molar-refractivity contribution in [1.29, 1.82) is 0 Å². The van der Waals surface area contributed by atoms with Crippen LogP contribution in [0.4, 0.5) is 0 Å². The van der Waals surface area contributed by atoms with Gasteiger partial charge in [-0.2, -0.15) is 0 Å². The third-order valence-corrected chi connectivity index (χ3v) is 3.51. The highest BCUT2D eigenvalue weighted by Gasteiger charge is 2.14. The lowest BCUT2D eigenvalue weighted by Crippen LogP contribution is -2.10. The number of hydrogen-bond acceptors (Lipinski definition) is 3. The predicted molar refractivity (Wildman–Crippen MR) is 82.9 cm³/mol. The van der Waals surface area contributed by atoms with E-state index in [9.17, 15) is 0 Å². The van der Waals surface area contributed by atoms with Crippen LogP contribution >= 0.6 is 15.9 Å². The van der Waals surface area contributed by atoms with Gasteiger partial charge in [0.25, 0.3) is 0 Å². The molecule has 108 valence electrons. The van der Waals surface area contributed by atoms with Crippen molar-refractivity contribution >= 4 is 15.9 Å². The number of halogens is 1. The Labute approximate surface area is 124 Å². The van der Waals surface area contributed by atoms with Crippen molar-refractivity contribution in [2.45, 2.75) is 46.1 Å². The topological polar surface area (TPSA) is 44.5 Å². The van der Waals surface area contributed by atoms with Crippen LogP contribution in [0.5, 0.6) is 11.5 Å². The number of hydrogen-bond donors (Lipinski definition) is 1. The Balaban J connectivity index is 3.04. The molecule has 1 rings (SSSR count). The maximum absolute atomic E-state index is 6.12. The summed E-state index contributed by atoms with van der Waals surface area (Å²) < 4.78 is 12.5. The van der Waals surface area contributed by atoms with Crippen molar-refractivity contribution in [3.8, 4) is 11.5 Å². The van der Waals surface area contributed by atoms with Gasteiger partial charge in [-0.1, -0.05) is 36.7 Å². The lowest BCUT2D eigenvalue weighted by Gasteiger charge is -2.17. The smallest absolute Gasteiger partial charge is 0.162 e. The lowest BCUT2D eigenvalue weighted by molar-refractivity contribution is 0.267. The monoisotopic (exact) mass is 329 g/mol. The van der Waals surface area contributed by atoms with Gasteiger partial charge in [0.2, 0.25) is 0 Å². The van der Waals surface area contributed by atoms with Crippen LogP contribution in [0.3, 0.4) is 0 Å². The molecule has 0 aliphatic heterocycles. The van der Waals surface area contributed by atoms with E-state index >= 15 is 0 Å². The van der Waals surface area contributed by atoms with Crippen molar-refractivity contribution in [2.24, 2.45) is 5.73 Å². The highest BCUT2D eigenvalue weighted by molar-refractivity contribution is 9.10. The van der Waals surface area contributed by atoms with E-state index in [0.29, 0.717) is 13.2 Å². The molecule has 1 aromatic rings. The van der Waals surface area contributed by atoms with Crippen LogP contribution in [0.1, 0.15) is 51.6 Å². The van der Waals surface area contributed by atoms with E-state index in [0.717, 1.165) is 40.8 Å². The van der Waals surface area contributed by atoms with Gasteiger partial charge in [0.1, 0.15) is 0 Å². The summed E-state index contributed by atoms with van der Waals surface area (Å²) in [5, 5.41) is 0. The fourth-order valence-corrected chi connectivity index (χ4v) is 2.32. The summed E-state index contributed by atoms with van der Waals surface area (Å²) in [6.07, 6.45) is 2.83. The van der Waals surface area contributed by atoms with Gasteiger partial charge in [0.05, 0.1) is 13.2 Å². The first kappa shape index (κ1) is 16.3. The lowest BCUT2D eigenvalue weighted by atomic mass is 10.0. The molecule has 0 heterocycles. The molecule has 4 heteroatoms. The van der Waals surface area contributed by atoms with Crippen LogP contribution in [-0.4, -0.2) is 13.2 Å². The number of ether oxygens (including phenoxy) is 2. The van der Waals surface area contributed by atoms with Crippen LogP contribution in [0.15, 0.2) is 16.6 Å². The minimum absolute atomic E-state index is 0.0126. The summed E-state index contributed by atoms with van der Waals surface area (Å²) in [6, 6.07) is 3.98. The van der Waals surface area contributed by atoms with E-state index in [1.807, 2.05) is 12.1 Å². The molecule has 0 aromatic heterocycles. The molecular formula is C15H24BrNO2. The molecule has 1 atom stereocenters. The average molecular weight is 330 g/mol. The van der Waals surface area contributed by atoms with E-state index in [-0.39, 0.29) is 6.04 Å². The second-order valence-electron chi connectivity index (χ2n) is 4.53. The highest BCUT2D eigenvalue weighted by Crippen LogP contribution is 2.36. The Morgan fingerprint density at radius 1 is 1.05 bits per heavy atom. The Kier molecular flexibility index (Phi) is 7.24. The third-order valence-electron chi connectivity index (χ3n) is 2.83. The summed E-state index contributed by atoms with van der Waals surface area (Å²) in [5.41, 5.74) is 7.18. The van der Waals surface area contributed by atoms with Crippen molar-refractivity contribution in [3.63, 3.8) is 0 Å². The SMILES string of the molecule is CCCOc1cc(Br)c(C(N)CC)cc1OCCC. The second kappa shape index (κ2) is 8.43. The predicted octanol–water partition coefficient (Wildman–Crippen LogP) is 4.44. The first-order chi connectivity index (χ1) is 9.13.